The zero-order chi connectivity index (χ0) is 8.39. The number of rotatable bonds is 0. The van der Waals surface area contributed by atoms with Gasteiger partial charge < -0.3 is 5.32 Å². The summed E-state index contributed by atoms with van der Waals surface area (Å²) in [6.07, 6.45) is 6.63. The summed E-state index contributed by atoms with van der Waals surface area (Å²) in [5.41, 5.74) is 1.21. The Balaban J connectivity index is 2.56. The van der Waals surface area contributed by atoms with E-state index in [-0.39, 0.29) is 5.91 Å². The predicted molar refractivity (Wildman–Crippen MR) is 43.4 cm³/mol. The van der Waals surface area contributed by atoms with Crippen LogP contribution >= 0.6 is 0 Å². The summed E-state index contributed by atoms with van der Waals surface area (Å²) >= 11 is 0. The van der Waals surface area contributed by atoms with Crippen molar-refractivity contribution in [2.45, 2.75) is 0 Å². The molecular formula is C8H7N3O. The third kappa shape index (κ3) is 1.07. The Labute approximate surface area is 69.3 Å². The van der Waals surface area contributed by atoms with Crippen molar-refractivity contribution >= 4 is 12.0 Å². The van der Waals surface area contributed by atoms with Crippen LogP contribution in [-0.4, -0.2) is 22.4 Å². The number of carbonyl (C=O) groups is 1. The molecule has 0 saturated heterocycles. The van der Waals surface area contributed by atoms with Crippen LogP contribution in [0.15, 0.2) is 18.6 Å². The van der Waals surface area contributed by atoms with Crippen molar-refractivity contribution in [3.05, 3.63) is 29.9 Å². The minimum absolute atomic E-state index is 0.115. The molecule has 2 heterocycles. The topological polar surface area (TPSA) is 54.9 Å². The highest BCUT2D eigenvalue weighted by atomic mass is 16.1. The lowest BCUT2D eigenvalue weighted by Crippen LogP contribution is -2.22. The Morgan fingerprint density at radius 3 is 3.33 bits per heavy atom. The average Bonchev–Trinajstić information content (AvgIpc) is 2.29. The van der Waals surface area contributed by atoms with Crippen LogP contribution in [-0.2, 0) is 0 Å². The summed E-state index contributed by atoms with van der Waals surface area (Å²) in [7, 11) is 0. The molecule has 4 heteroatoms. The van der Waals surface area contributed by atoms with E-state index in [1.54, 1.807) is 0 Å². The molecule has 1 aliphatic rings. The van der Waals surface area contributed by atoms with Crippen LogP contribution in [0.4, 0.5) is 0 Å². The molecule has 4 nitrogen and oxygen atoms in total. The summed E-state index contributed by atoms with van der Waals surface area (Å²) in [5, 5.41) is 2.69. The first-order valence-electron chi connectivity index (χ1n) is 3.62. The van der Waals surface area contributed by atoms with Gasteiger partial charge in [0.1, 0.15) is 6.33 Å². The molecule has 1 N–H and O–H groups in total. The number of hydrogen-bond acceptors (Lipinski definition) is 3. The quantitative estimate of drug-likeness (QED) is 0.592. The van der Waals surface area contributed by atoms with Crippen molar-refractivity contribution in [3.8, 4) is 0 Å². The fraction of sp³-hybridized carbons (Fsp3) is 0.125. The number of hydrogen-bond donors (Lipinski definition) is 1. The number of nitrogens with zero attached hydrogens (tertiary/aromatic N) is 2. The van der Waals surface area contributed by atoms with E-state index >= 15 is 0 Å². The van der Waals surface area contributed by atoms with E-state index in [2.05, 4.69) is 15.3 Å². The average molecular weight is 161 g/mol. The zero-order valence-corrected chi connectivity index (χ0v) is 6.32. The molecular weight excluding hydrogens is 154 g/mol. The van der Waals surface area contributed by atoms with Gasteiger partial charge in [-0.05, 0) is 6.08 Å². The second-order valence-corrected chi connectivity index (χ2v) is 2.43. The minimum Gasteiger partial charge on any atom is -0.348 e. The first-order chi connectivity index (χ1) is 5.88. The summed E-state index contributed by atoms with van der Waals surface area (Å²) in [5.74, 6) is -0.115. The molecule has 0 saturated carbocycles. The first kappa shape index (κ1) is 6.97. The van der Waals surface area contributed by atoms with E-state index in [1.807, 2.05) is 12.2 Å². The summed E-state index contributed by atoms with van der Waals surface area (Å²) in [4.78, 5) is 19.0. The van der Waals surface area contributed by atoms with Crippen LogP contribution in [0.2, 0.25) is 0 Å². The van der Waals surface area contributed by atoms with Gasteiger partial charge in [0.15, 0.2) is 0 Å². The maximum atomic E-state index is 11.3. The van der Waals surface area contributed by atoms with E-state index in [0.717, 1.165) is 0 Å². The molecule has 0 atom stereocenters. The molecule has 1 aromatic heterocycles. The van der Waals surface area contributed by atoms with Crippen LogP contribution in [0, 0.1) is 0 Å². The Hall–Kier alpha value is -1.71. The van der Waals surface area contributed by atoms with Crippen molar-refractivity contribution in [3.63, 3.8) is 0 Å². The molecule has 1 amide bonds. The zero-order valence-electron chi connectivity index (χ0n) is 6.32. The molecule has 0 radical (unpaired) electrons. The van der Waals surface area contributed by atoms with Crippen molar-refractivity contribution < 1.29 is 4.79 Å². The maximum Gasteiger partial charge on any atom is 0.255 e. The van der Waals surface area contributed by atoms with Crippen LogP contribution in [0.3, 0.4) is 0 Å². The van der Waals surface area contributed by atoms with E-state index in [9.17, 15) is 4.79 Å². The Morgan fingerprint density at radius 1 is 1.50 bits per heavy atom. The monoisotopic (exact) mass is 161 g/mol. The smallest absolute Gasteiger partial charge is 0.255 e. The van der Waals surface area contributed by atoms with Gasteiger partial charge >= 0.3 is 0 Å². The fourth-order valence-corrected chi connectivity index (χ4v) is 1.06. The Bertz CT molecular complexity index is 346. The lowest BCUT2D eigenvalue weighted by atomic mass is 10.2. The first-order valence-corrected chi connectivity index (χ1v) is 3.62. The lowest BCUT2D eigenvalue weighted by molar-refractivity contribution is 0.0958. The van der Waals surface area contributed by atoms with Crippen molar-refractivity contribution in [2.75, 3.05) is 6.54 Å². The van der Waals surface area contributed by atoms with Crippen LogP contribution < -0.4 is 5.32 Å². The van der Waals surface area contributed by atoms with Crippen LogP contribution in [0.1, 0.15) is 16.1 Å². The van der Waals surface area contributed by atoms with E-state index in [0.29, 0.717) is 17.8 Å². The van der Waals surface area contributed by atoms with E-state index in [4.69, 9.17) is 0 Å². The highest BCUT2D eigenvalue weighted by Gasteiger charge is 2.11. The van der Waals surface area contributed by atoms with E-state index in [1.165, 1.54) is 12.5 Å². The van der Waals surface area contributed by atoms with Crippen molar-refractivity contribution in [2.24, 2.45) is 0 Å². The number of nitrogens with one attached hydrogen (secondary N) is 1. The number of amides is 1. The highest BCUT2D eigenvalue weighted by molar-refractivity contribution is 5.97. The molecule has 0 aromatic carbocycles. The van der Waals surface area contributed by atoms with Gasteiger partial charge in [0.2, 0.25) is 0 Å². The van der Waals surface area contributed by atoms with Crippen LogP contribution in [0.25, 0.3) is 6.08 Å². The molecule has 0 bridgehead atoms. The normalized spacial score (nSPS) is 14.8. The van der Waals surface area contributed by atoms with Crippen LogP contribution in [0.5, 0.6) is 0 Å². The fourth-order valence-electron chi connectivity index (χ4n) is 1.06. The third-order valence-corrected chi connectivity index (χ3v) is 1.64. The van der Waals surface area contributed by atoms with Crippen molar-refractivity contribution in [1.29, 1.82) is 0 Å². The molecule has 1 aromatic rings. The molecule has 2 rings (SSSR count). The Kier molecular flexibility index (Phi) is 1.59. The van der Waals surface area contributed by atoms with Gasteiger partial charge in [-0.3, -0.25) is 4.79 Å². The molecule has 0 unspecified atom stereocenters. The number of carbonyl (C=O) groups excluding carboxylic acids is 1. The molecule has 0 aliphatic carbocycles. The minimum atomic E-state index is -0.115. The highest BCUT2D eigenvalue weighted by Crippen LogP contribution is 2.07. The van der Waals surface area contributed by atoms with Gasteiger partial charge in [0, 0.05) is 12.7 Å². The molecule has 0 fully saturated rings. The third-order valence-electron chi connectivity index (χ3n) is 1.64. The lowest BCUT2D eigenvalue weighted by Gasteiger charge is -1.99. The molecule has 1 aliphatic heterocycles. The number of aromatic nitrogens is 2. The van der Waals surface area contributed by atoms with Gasteiger partial charge in [-0.15, -0.1) is 0 Å². The van der Waals surface area contributed by atoms with Gasteiger partial charge in [-0.25, -0.2) is 9.97 Å². The Morgan fingerprint density at radius 2 is 2.42 bits per heavy atom. The van der Waals surface area contributed by atoms with E-state index < -0.39 is 0 Å². The second-order valence-electron chi connectivity index (χ2n) is 2.43. The standard InChI is InChI=1S/C8H7N3O/c12-8-6-4-9-5-11-7(6)2-1-3-10-8/h1-2,4-5H,3H2,(H,10,12). The summed E-state index contributed by atoms with van der Waals surface area (Å²) < 4.78 is 0. The predicted octanol–water partition coefficient (Wildman–Crippen LogP) is 0.233. The second kappa shape index (κ2) is 2.73. The maximum absolute atomic E-state index is 11.3. The molecule has 60 valence electrons. The summed E-state index contributed by atoms with van der Waals surface area (Å²) in [6.45, 7) is 0.551. The van der Waals surface area contributed by atoms with Gasteiger partial charge in [-0.2, -0.15) is 0 Å². The van der Waals surface area contributed by atoms with Gasteiger partial charge in [-0.1, -0.05) is 6.08 Å². The number of fused-ring (bicyclic) bond motifs is 1. The molecule has 12 heavy (non-hydrogen) atoms. The molecule has 0 spiro atoms. The van der Waals surface area contributed by atoms with Crippen molar-refractivity contribution in [1.82, 2.24) is 15.3 Å². The largest absolute Gasteiger partial charge is 0.348 e. The van der Waals surface area contributed by atoms with Gasteiger partial charge in [0.25, 0.3) is 5.91 Å². The SMILES string of the molecule is O=C1NCC=Cc2ncncc21. The van der Waals surface area contributed by atoms with Gasteiger partial charge in [0.05, 0.1) is 11.3 Å². The summed E-state index contributed by atoms with van der Waals surface area (Å²) in [6, 6.07) is 0.